The molecule has 1 aliphatic heterocycles. The zero-order chi connectivity index (χ0) is 33.7. The molecule has 3 atom stereocenters. The lowest BCUT2D eigenvalue weighted by molar-refractivity contribution is -0.129. The first-order chi connectivity index (χ1) is 20.5. The van der Waals surface area contributed by atoms with Crippen LogP contribution >= 0.6 is 10.2 Å². The molecular weight excluding hydrogens is 655 g/mol. The van der Waals surface area contributed by atoms with Crippen LogP contribution in [0.25, 0.3) is 0 Å². The summed E-state index contributed by atoms with van der Waals surface area (Å²) >= 11 is 0. The highest BCUT2D eigenvalue weighted by Gasteiger charge is 2.65. The van der Waals surface area contributed by atoms with E-state index in [0.717, 1.165) is 11.2 Å². The van der Waals surface area contributed by atoms with E-state index >= 15 is 0 Å². The lowest BCUT2D eigenvalue weighted by atomic mass is 9.91. The van der Waals surface area contributed by atoms with E-state index in [1.54, 1.807) is 6.19 Å². The number of hydrogen-bond donors (Lipinski definition) is 1. The van der Waals surface area contributed by atoms with E-state index in [1.807, 2.05) is 0 Å². The SMILES string of the molecule is Cc1ccncc1C(C(=O)NC1CCC(F)(F)CC1)N(C(=O)C1CC(S(C)(=O)=O)CN1C#N)c1ccc(S(F)(F)(F)(F)F)cc1. The molecule has 3 unspecified atom stereocenters. The van der Waals surface area contributed by atoms with Crippen LogP contribution in [0.3, 0.4) is 0 Å². The second-order valence-electron chi connectivity index (χ2n) is 11.4. The summed E-state index contributed by atoms with van der Waals surface area (Å²) in [5, 5.41) is 11.2. The van der Waals surface area contributed by atoms with Gasteiger partial charge in [0.1, 0.15) is 17.0 Å². The molecule has 1 aromatic heterocycles. The molecular formula is C27H30F7N5O4S2. The lowest BCUT2D eigenvalue weighted by Crippen LogP contribution is -2.52. The van der Waals surface area contributed by atoms with E-state index in [4.69, 9.17) is 0 Å². The number of pyridine rings is 1. The van der Waals surface area contributed by atoms with Crippen molar-refractivity contribution < 1.29 is 46.2 Å². The molecule has 248 valence electrons. The molecule has 0 bridgehead atoms. The first-order valence-electron chi connectivity index (χ1n) is 13.6. The Balaban J connectivity index is 1.86. The maximum Gasteiger partial charge on any atom is 0.310 e. The average Bonchev–Trinajstić information content (AvgIpc) is 3.37. The predicted molar refractivity (Wildman–Crippen MR) is 152 cm³/mol. The number of nitrogens with zero attached hydrogens (tertiary/aromatic N) is 4. The summed E-state index contributed by atoms with van der Waals surface area (Å²) in [4.78, 5) is 31.6. The van der Waals surface area contributed by atoms with Crippen LogP contribution in [0.2, 0.25) is 0 Å². The quantitative estimate of drug-likeness (QED) is 0.276. The molecule has 2 fully saturated rings. The highest BCUT2D eigenvalue weighted by Crippen LogP contribution is 3.02. The molecule has 2 heterocycles. The standard InChI is InChI=1S/C27H30F7N5O4S2/c1-17-9-12-36-14-22(17)24(25(40)37-18-7-10-27(28,29)11-8-18)39(19-3-5-21(6-4-19)45(30,31,32,33)34)26(41)23-13-20(44(2,42)43)15-38(23)16-35/h3-6,9,12,14,18,20,23-24H,7-8,10-11,13,15H2,1-2H3,(H,37,40). The Kier molecular flexibility index (Phi) is 8.41. The van der Waals surface area contributed by atoms with E-state index in [-0.39, 0.29) is 37.1 Å². The van der Waals surface area contributed by atoms with Gasteiger partial charge in [0.05, 0.1) is 5.25 Å². The fraction of sp³-hybridized carbons (Fsp3) is 0.481. The molecule has 0 radical (unpaired) electrons. The highest BCUT2D eigenvalue weighted by atomic mass is 32.5. The molecule has 2 aromatic rings. The molecule has 4 rings (SSSR count). The van der Waals surface area contributed by atoms with Crippen LogP contribution in [-0.4, -0.2) is 66.2 Å². The Morgan fingerprint density at radius 1 is 1.11 bits per heavy atom. The highest BCUT2D eigenvalue weighted by molar-refractivity contribution is 8.45. The van der Waals surface area contributed by atoms with Crippen LogP contribution in [0.5, 0.6) is 0 Å². The van der Waals surface area contributed by atoms with Crippen LogP contribution in [0.1, 0.15) is 49.3 Å². The van der Waals surface area contributed by atoms with Gasteiger partial charge in [-0.25, -0.2) is 17.2 Å². The van der Waals surface area contributed by atoms with Crippen LogP contribution in [0, 0.1) is 18.4 Å². The number of alkyl halides is 2. The smallest absolute Gasteiger partial charge is 0.310 e. The summed E-state index contributed by atoms with van der Waals surface area (Å²) in [6, 6.07) is -1.30. The number of amides is 2. The minimum absolute atomic E-state index is 0.0570. The molecule has 9 nitrogen and oxygen atoms in total. The van der Waals surface area contributed by atoms with Crippen molar-refractivity contribution in [3.05, 3.63) is 53.9 Å². The zero-order valence-electron chi connectivity index (χ0n) is 24.0. The second kappa shape index (κ2) is 11.0. The molecule has 0 spiro atoms. The number of hydrogen-bond acceptors (Lipinski definition) is 7. The molecule has 1 N–H and O–H groups in total. The first kappa shape index (κ1) is 34.3. The van der Waals surface area contributed by atoms with E-state index in [2.05, 4.69) is 10.3 Å². The number of aryl methyl sites for hydroxylation is 1. The van der Waals surface area contributed by atoms with Gasteiger partial charge in [-0.3, -0.25) is 24.4 Å². The van der Waals surface area contributed by atoms with Crippen LogP contribution in [-0.2, 0) is 19.4 Å². The Morgan fingerprint density at radius 2 is 1.71 bits per heavy atom. The van der Waals surface area contributed by atoms with Gasteiger partial charge in [-0.05, 0) is 62.1 Å². The first-order valence-corrected chi connectivity index (χ1v) is 17.5. The number of sulfone groups is 1. The molecule has 1 saturated heterocycles. The van der Waals surface area contributed by atoms with Crippen molar-refractivity contribution in [1.29, 1.82) is 5.26 Å². The number of likely N-dealkylation sites (tertiary alicyclic amines) is 1. The third-order valence-corrected chi connectivity index (χ3v) is 10.7. The van der Waals surface area contributed by atoms with Crippen molar-refractivity contribution in [3.63, 3.8) is 0 Å². The number of rotatable bonds is 8. The van der Waals surface area contributed by atoms with Gasteiger partial charge >= 0.3 is 10.2 Å². The normalized spacial score (nSPS) is 22.9. The summed E-state index contributed by atoms with van der Waals surface area (Å²) in [6.45, 7) is 1.15. The van der Waals surface area contributed by atoms with Gasteiger partial charge in [0.25, 0.3) is 5.91 Å². The van der Waals surface area contributed by atoms with Crippen LogP contribution < -0.4 is 10.2 Å². The minimum Gasteiger partial charge on any atom is -0.351 e. The number of carbonyl (C=O) groups is 2. The molecule has 1 aromatic carbocycles. The molecule has 1 saturated carbocycles. The summed E-state index contributed by atoms with van der Waals surface area (Å²) in [7, 11) is -13.9. The molecule has 2 amide bonds. The van der Waals surface area contributed by atoms with Crippen molar-refractivity contribution in [3.8, 4) is 6.19 Å². The van der Waals surface area contributed by atoms with Crippen molar-refractivity contribution in [1.82, 2.24) is 15.2 Å². The van der Waals surface area contributed by atoms with Crippen molar-refractivity contribution in [2.45, 2.75) is 73.2 Å². The van der Waals surface area contributed by atoms with Crippen molar-refractivity contribution in [2.24, 2.45) is 0 Å². The molecule has 1 aliphatic carbocycles. The summed E-state index contributed by atoms with van der Waals surface area (Å²) in [6.07, 6.45) is 3.48. The third kappa shape index (κ3) is 7.80. The number of carbonyl (C=O) groups excluding carboxylic acids is 2. The van der Waals surface area contributed by atoms with Gasteiger partial charge in [0.2, 0.25) is 11.8 Å². The molecule has 18 heteroatoms. The van der Waals surface area contributed by atoms with E-state index in [0.29, 0.717) is 22.6 Å². The number of halogens is 7. The van der Waals surface area contributed by atoms with Crippen LogP contribution in [0.4, 0.5) is 33.9 Å². The predicted octanol–water partition coefficient (Wildman–Crippen LogP) is 5.78. The largest absolute Gasteiger partial charge is 0.351 e. The molecule has 2 aliphatic rings. The van der Waals surface area contributed by atoms with E-state index in [9.17, 15) is 51.5 Å². The number of benzene rings is 1. The second-order valence-corrected chi connectivity index (χ2v) is 16.1. The van der Waals surface area contributed by atoms with Gasteiger partial charge in [-0.1, -0.05) is 19.4 Å². The fourth-order valence-corrected chi connectivity index (χ4v) is 7.12. The summed E-state index contributed by atoms with van der Waals surface area (Å²) in [5.74, 6) is -4.96. The van der Waals surface area contributed by atoms with E-state index < -0.39 is 91.0 Å². The van der Waals surface area contributed by atoms with Crippen molar-refractivity contribution in [2.75, 3.05) is 17.7 Å². The molecule has 45 heavy (non-hydrogen) atoms. The summed E-state index contributed by atoms with van der Waals surface area (Å²) in [5.41, 5.74) is -0.0216. The minimum atomic E-state index is -10.1. The Bertz CT molecular complexity index is 1630. The fourth-order valence-electron chi connectivity index (χ4n) is 5.50. The van der Waals surface area contributed by atoms with Gasteiger partial charge in [0, 0.05) is 55.3 Å². The average molecular weight is 686 g/mol. The monoisotopic (exact) mass is 685 g/mol. The topological polar surface area (TPSA) is 123 Å². The van der Waals surface area contributed by atoms with E-state index in [1.165, 1.54) is 25.4 Å². The maximum atomic E-state index is 14.3. The number of aromatic nitrogens is 1. The van der Waals surface area contributed by atoms with Gasteiger partial charge in [-0.15, -0.1) is 0 Å². The maximum absolute atomic E-state index is 14.3. The number of anilines is 1. The Hall–Kier alpha value is -3.59. The van der Waals surface area contributed by atoms with Crippen LogP contribution in [0.15, 0.2) is 47.6 Å². The lowest BCUT2D eigenvalue weighted by Gasteiger charge is -2.41. The number of nitrogens with one attached hydrogen (secondary N) is 1. The zero-order valence-corrected chi connectivity index (χ0v) is 25.6. The Morgan fingerprint density at radius 3 is 2.22 bits per heavy atom. The van der Waals surface area contributed by atoms with Gasteiger partial charge in [0.15, 0.2) is 16.0 Å². The van der Waals surface area contributed by atoms with Crippen molar-refractivity contribution >= 4 is 37.6 Å². The third-order valence-electron chi connectivity index (χ3n) is 8.02. The number of nitriles is 1. The van der Waals surface area contributed by atoms with Gasteiger partial charge in [-0.2, -0.15) is 5.26 Å². The Labute approximate surface area is 255 Å². The van der Waals surface area contributed by atoms with Gasteiger partial charge < -0.3 is 5.32 Å². The summed E-state index contributed by atoms with van der Waals surface area (Å²) < 4.78 is 120.